The van der Waals surface area contributed by atoms with Crippen molar-refractivity contribution in [3.8, 4) is 0 Å². The van der Waals surface area contributed by atoms with E-state index in [1.54, 1.807) is 13.8 Å². The molecule has 0 N–H and O–H groups in total. The van der Waals surface area contributed by atoms with Crippen LogP contribution in [-0.4, -0.2) is 0 Å². The van der Waals surface area contributed by atoms with Gasteiger partial charge in [-0.05, 0) is 17.5 Å². The van der Waals surface area contributed by atoms with Crippen LogP contribution < -0.4 is 0 Å². The maximum absolute atomic E-state index is 12.9. The third kappa shape index (κ3) is 2.76. The molecule has 1 aromatic rings. The van der Waals surface area contributed by atoms with Crippen LogP contribution in [0, 0.1) is 17.5 Å². The van der Waals surface area contributed by atoms with E-state index in [1.807, 2.05) is 13.8 Å². The Hall–Kier alpha value is -0.990. The maximum atomic E-state index is 12.9. The molecule has 80 valence electrons. The molecule has 0 aliphatic heterocycles. The van der Waals surface area contributed by atoms with Gasteiger partial charge in [0.25, 0.3) is 0 Å². The van der Waals surface area contributed by atoms with Crippen molar-refractivity contribution in [1.82, 2.24) is 0 Å². The van der Waals surface area contributed by atoms with E-state index in [1.165, 1.54) is 6.07 Å². The molecule has 0 bridgehead atoms. The van der Waals surface area contributed by atoms with Crippen LogP contribution in [0.2, 0.25) is 0 Å². The first-order valence-electron chi connectivity index (χ1n) is 4.67. The van der Waals surface area contributed by atoms with Gasteiger partial charge in [0.1, 0.15) is 0 Å². The zero-order valence-corrected chi connectivity index (χ0v) is 8.87. The zero-order valence-electron chi connectivity index (χ0n) is 8.87. The van der Waals surface area contributed by atoms with Crippen LogP contribution in [0.5, 0.6) is 0 Å². The van der Waals surface area contributed by atoms with Crippen molar-refractivity contribution in [1.29, 1.82) is 0 Å². The van der Waals surface area contributed by atoms with Crippen molar-refractivity contribution in [3.63, 3.8) is 0 Å². The van der Waals surface area contributed by atoms with E-state index in [9.17, 15) is 13.2 Å². The van der Waals surface area contributed by atoms with Crippen molar-refractivity contribution in [2.75, 3.05) is 0 Å². The third-order valence-electron chi connectivity index (χ3n) is 1.69. The highest BCUT2D eigenvalue weighted by Crippen LogP contribution is 2.21. The Morgan fingerprint density at radius 1 is 0.929 bits per heavy atom. The topological polar surface area (TPSA) is 0 Å². The Morgan fingerprint density at radius 3 is 1.86 bits per heavy atom. The summed E-state index contributed by atoms with van der Waals surface area (Å²) in [6.07, 6.45) is 0. The largest absolute Gasteiger partial charge is 0.204 e. The Balaban J connectivity index is 0.000000791. The van der Waals surface area contributed by atoms with Crippen molar-refractivity contribution in [2.24, 2.45) is 0 Å². The van der Waals surface area contributed by atoms with Gasteiger partial charge in [-0.15, -0.1) is 0 Å². The van der Waals surface area contributed by atoms with Crippen LogP contribution in [-0.2, 0) is 0 Å². The smallest absolute Gasteiger partial charge is 0.194 e. The quantitative estimate of drug-likeness (QED) is 0.600. The van der Waals surface area contributed by atoms with E-state index in [0.717, 1.165) is 6.07 Å². The minimum absolute atomic E-state index is 0.139. The molecule has 0 unspecified atom stereocenters. The summed E-state index contributed by atoms with van der Waals surface area (Å²) in [6.45, 7) is 7.44. The summed E-state index contributed by atoms with van der Waals surface area (Å²) in [7, 11) is 0. The molecule has 14 heavy (non-hydrogen) atoms. The maximum Gasteiger partial charge on any atom is 0.194 e. The first-order valence-corrected chi connectivity index (χ1v) is 4.67. The van der Waals surface area contributed by atoms with Crippen LogP contribution in [0.1, 0.15) is 39.2 Å². The average molecular weight is 204 g/mol. The molecule has 0 nitrogen and oxygen atoms in total. The molecule has 3 heteroatoms. The monoisotopic (exact) mass is 204 g/mol. The van der Waals surface area contributed by atoms with Gasteiger partial charge in [0, 0.05) is 0 Å². The standard InChI is InChI=1S/C9H9F3.C2H6/c1-5(2)6-3-4-7(10)9(12)8(6)11;1-2/h3-5H,1-2H3;1-2H3. The second-order valence-electron chi connectivity index (χ2n) is 2.92. The minimum Gasteiger partial charge on any atom is -0.204 e. The number of hydrogen-bond acceptors (Lipinski definition) is 0. The lowest BCUT2D eigenvalue weighted by Crippen LogP contribution is -1.98. The van der Waals surface area contributed by atoms with Crippen LogP contribution in [0.25, 0.3) is 0 Å². The van der Waals surface area contributed by atoms with Gasteiger partial charge < -0.3 is 0 Å². The summed E-state index contributed by atoms with van der Waals surface area (Å²) in [5.41, 5.74) is 0.203. The second kappa shape index (κ2) is 5.68. The third-order valence-corrected chi connectivity index (χ3v) is 1.69. The van der Waals surface area contributed by atoms with Gasteiger partial charge in [-0.25, -0.2) is 13.2 Å². The molecule has 0 atom stereocenters. The molecule has 1 aromatic carbocycles. The molecular weight excluding hydrogens is 189 g/mol. The predicted molar refractivity (Wildman–Crippen MR) is 51.8 cm³/mol. The Kier molecular flexibility index (Phi) is 5.28. The molecule has 0 aliphatic rings. The number of halogens is 3. The highest BCUT2D eigenvalue weighted by atomic mass is 19.2. The Bertz CT molecular complexity index is 293. The Labute approximate surface area is 82.8 Å². The predicted octanol–water partition coefficient (Wildman–Crippen LogP) is 4.25. The van der Waals surface area contributed by atoms with Crippen LogP contribution in [0.15, 0.2) is 12.1 Å². The fraction of sp³-hybridized carbons (Fsp3) is 0.455. The summed E-state index contributed by atoms with van der Waals surface area (Å²) in [5, 5.41) is 0. The normalized spacial score (nSPS) is 9.71. The SMILES string of the molecule is CC.CC(C)c1ccc(F)c(F)c1F. The lowest BCUT2D eigenvalue weighted by molar-refractivity contribution is 0.438. The highest BCUT2D eigenvalue weighted by Gasteiger charge is 2.14. The second-order valence-corrected chi connectivity index (χ2v) is 2.92. The average Bonchev–Trinajstić information content (AvgIpc) is 2.17. The molecule has 0 fully saturated rings. The van der Waals surface area contributed by atoms with Gasteiger partial charge in [-0.1, -0.05) is 33.8 Å². The van der Waals surface area contributed by atoms with Gasteiger partial charge in [0.2, 0.25) is 0 Å². The lowest BCUT2D eigenvalue weighted by Gasteiger charge is -2.06. The van der Waals surface area contributed by atoms with Crippen LogP contribution >= 0.6 is 0 Å². The molecule has 0 aromatic heterocycles. The summed E-state index contributed by atoms with van der Waals surface area (Å²) in [4.78, 5) is 0. The van der Waals surface area contributed by atoms with Gasteiger partial charge in [0.15, 0.2) is 17.5 Å². The van der Waals surface area contributed by atoms with Gasteiger partial charge in [-0.3, -0.25) is 0 Å². The Morgan fingerprint density at radius 2 is 1.43 bits per heavy atom. The zero-order chi connectivity index (χ0) is 11.3. The van der Waals surface area contributed by atoms with Crippen molar-refractivity contribution < 1.29 is 13.2 Å². The lowest BCUT2D eigenvalue weighted by atomic mass is 10.0. The van der Waals surface area contributed by atoms with Crippen molar-refractivity contribution >= 4 is 0 Å². The van der Waals surface area contributed by atoms with Crippen molar-refractivity contribution in [2.45, 2.75) is 33.6 Å². The van der Waals surface area contributed by atoms with Gasteiger partial charge in [-0.2, -0.15) is 0 Å². The molecule has 0 spiro atoms. The first-order chi connectivity index (χ1) is 6.54. The summed E-state index contributed by atoms with van der Waals surface area (Å²) < 4.78 is 37.9. The fourth-order valence-corrected chi connectivity index (χ4v) is 0.987. The minimum atomic E-state index is -1.39. The van der Waals surface area contributed by atoms with E-state index in [-0.39, 0.29) is 11.5 Å². The highest BCUT2D eigenvalue weighted by molar-refractivity contribution is 5.22. The molecule has 0 heterocycles. The van der Waals surface area contributed by atoms with E-state index in [4.69, 9.17) is 0 Å². The van der Waals surface area contributed by atoms with E-state index >= 15 is 0 Å². The summed E-state index contributed by atoms with van der Waals surface area (Å²) in [5.74, 6) is -3.75. The molecule has 1 rings (SSSR count). The molecular formula is C11H15F3. The molecule has 0 radical (unpaired) electrons. The van der Waals surface area contributed by atoms with Gasteiger partial charge >= 0.3 is 0 Å². The van der Waals surface area contributed by atoms with Crippen LogP contribution in [0.4, 0.5) is 13.2 Å². The van der Waals surface area contributed by atoms with E-state index in [2.05, 4.69) is 0 Å². The van der Waals surface area contributed by atoms with Crippen molar-refractivity contribution in [3.05, 3.63) is 35.1 Å². The number of benzene rings is 1. The fourth-order valence-electron chi connectivity index (χ4n) is 0.987. The number of rotatable bonds is 1. The first kappa shape index (κ1) is 13.0. The molecule has 0 saturated heterocycles. The molecule has 0 amide bonds. The van der Waals surface area contributed by atoms with Gasteiger partial charge in [0.05, 0.1) is 0 Å². The summed E-state index contributed by atoms with van der Waals surface area (Å²) in [6, 6.07) is 2.20. The summed E-state index contributed by atoms with van der Waals surface area (Å²) >= 11 is 0. The van der Waals surface area contributed by atoms with Crippen LogP contribution in [0.3, 0.4) is 0 Å². The number of hydrogen-bond donors (Lipinski definition) is 0. The molecule has 0 saturated carbocycles. The molecule has 0 aliphatic carbocycles. The van der Waals surface area contributed by atoms with E-state index in [0.29, 0.717) is 0 Å². The van der Waals surface area contributed by atoms with E-state index < -0.39 is 17.5 Å².